The van der Waals surface area contributed by atoms with Crippen molar-refractivity contribution in [3.8, 4) is 11.5 Å². The molecular weight excluding hydrogens is 408 g/mol. The van der Waals surface area contributed by atoms with E-state index in [0.29, 0.717) is 25.3 Å². The van der Waals surface area contributed by atoms with E-state index >= 15 is 0 Å². The predicted molar refractivity (Wildman–Crippen MR) is 143 cm³/mol. The second-order valence-corrected chi connectivity index (χ2v) is 9.18. The third-order valence-electron chi connectivity index (χ3n) is 5.84. The van der Waals surface area contributed by atoms with E-state index in [1.54, 1.807) is 0 Å². The molecule has 0 bridgehead atoms. The van der Waals surface area contributed by atoms with E-state index in [1.807, 2.05) is 24.3 Å². The molecule has 2 aromatic rings. The molecule has 0 aliphatic rings. The monoisotopic (exact) mass is 454 g/mol. The number of benzene rings is 2. The van der Waals surface area contributed by atoms with Gasteiger partial charge in [0.1, 0.15) is 11.5 Å². The predicted octanol–water partition coefficient (Wildman–Crippen LogP) is 8.30. The standard InChI is InChI=1S/C29H46N2O2/c1-5-7-9-12-24(3)30-26-14-18-28(19-15-26)32-22-11-23-33-29-20-16-27(17-21-29)31-25(4)13-10-8-6-2/h14-21,24-25,30-31H,5-13,22-23H2,1-4H3. The summed E-state index contributed by atoms with van der Waals surface area (Å²) in [6.45, 7) is 10.3. The molecule has 33 heavy (non-hydrogen) atoms. The molecule has 0 aliphatic heterocycles. The zero-order valence-corrected chi connectivity index (χ0v) is 21.4. The van der Waals surface area contributed by atoms with Crippen LogP contribution in [0, 0.1) is 0 Å². The van der Waals surface area contributed by atoms with Gasteiger partial charge in [0.05, 0.1) is 13.2 Å². The molecule has 2 atom stereocenters. The van der Waals surface area contributed by atoms with Crippen molar-refractivity contribution in [3.05, 3.63) is 48.5 Å². The zero-order valence-electron chi connectivity index (χ0n) is 21.4. The quantitative estimate of drug-likeness (QED) is 0.222. The van der Waals surface area contributed by atoms with Gasteiger partial charge in [0.25, 0.3) is 0 Å². The lowest BCUT2D eigenvalue weighted by Crippen LogP contribution is -2.14. The second kappa shape index (κ2) is 16.3. The number of ether oxygens (including phenoxy) is 2. The maximum Gasteiger partial charge on any atom is 0.119 e. The highest BCUT2D eigenvalue weighted by molar-refractivity contribution is 5.47. The van der Waals surface area contributed by atoms with Crippen LogP contribution < -0.4 is 20.1 Å². The molecule has 0 aromatic heterocycles. The number of hydrogen-bond donors (Lipinski definition) is 2. The first-order valence-electron chi connectivity index (χ1n) is 13.1. The minimum absolute atomic E-state index is 0.500. The Morgan fingerprint density at radius 3 is 1.33 bits per heavy atom. The molecule has 0 heterocycles. The van der Waals surface area contributed by atoms with E-state index in [2.05, 4.69) is 62.6 Å². The summed E-state index contributed by atoms with van der Waals surface area (Å²) in [5.41, 5.74) is 2.31. The Hall–Kier alpha value is -2.36. The first-order valence-corrected chi connectivity index (χ1v) is 13.1. The Balaban J connectivity index is 1.59. The Kier molecular flexibility index (Phi) is 13.3. The molecule has 2 N–H and O–H groups in total. The zero-order chi connectivity index (χ0) is 23.7. The van der Waals surface area contributed by atoms with Crippen LogP contribution in [0.25, 0.3) is 0 Å². The van der Waals surface area contributed by atoms with Gasteiger partial charge < -0.3 is 20.1 Å². The number of anilines is 2. The molecule has 184 valence electrons. The third kappa shape index (κ3) is 11.9. The molecular formula is C29H46N2O2. The van der Waals surface area contributed by atoms with Crippen molar-refractivity contribution in [2.24, 2.45) is 0 Å². The topological polar surface area (TPSA) is 42.5 Å². The number of hydrogen-bond acceptors (Lipinski definition) is 4. The smallest absolute Gasteiger partial charge is 0.119 e. The van der Waals surface area contributed by atoms with Crippen molar-refractivity contribution in [1.82, 2.24) is 0 Å². The first kappa shape index (κ1) is 26.9. The lowest BCUT2D eigenvalue weighted by molar-refractivity contribution is 0.247. The lowest BCUT2D eigenvalue weighted by atomic mass is 10.1. The molecule has 2 unspecified atom stereocenters. The lowest BCUT2D eigenvalue weighted by Gasteiger charge is -2.16. The normalized spacial score (nSPS) is 12.7. The van der Waals surface area contributed by atoms with Crippen molar-refractivity contribution in [2.75, 3.05) is 23.8 Å². The molecule has 0 aliphatic carbocycles. The Morgan fingerprint density at radius 1 is 0.576 bits per heavy atom. The van der Waals surface area contributed by atoms with Gasteiger partial charge in [0.2, 0.25) is 0 Å². The Morgan fingerprint density at radius 2 is 0.970 bits per heavy atom. The molecule has 0 amide bonds. The highest BCUT2D eigenvalue weighted by atomic mass is 16.5. The van der Waals surface area contributed by atoms with Gasteiger partial charge >= 0.3 is 0 Å². The van der Waals surface area contributed by atoms with Gasteiger partial charge in [-0.25, -0.2) is 0 Å². The minimum atomic E-state index is 0.500. The molecule has 0 radical (unpaired) electrons. The molecule has 2 rings (SSSR count). The van der Waals surface area contributed by atoms with E-state index in [4.69, 9.17) is 9.47 Å². The maximum absolute atomic E-state index is 5.87. The molecule has 0 fully saturated rings. The van der Waals surface area contributed by atoms with Gasteiger partial charge in [-0.3, -0.25) is 0 Å². The third-order valence-corrected chi connectivity index (χ3v) is 5.84. The molecule has 0 saturated heterocycles. The second-order valence-electron chi connectivity index (χ2n) is 9.18. The van der Waals surface area contributed by atoms with Gasteiger partial charge in [-0.05, 0) is 75.2 Å². The van der Waals surface area contributed by atoms with Crippen LogP contribution in [0.15, 0.2) is 48.5 Å². The minimum Gasteiger partial charge on any atom is -0.493 e. The van der Waals surface area contributed by atoms with Gasteiger partial charge in [-0.15, -0.1) is 0 Å². The largest absolute Gasteiger partial charge is 0.493 e. The molecule has 0 saturated carbocycles. The highest BCUT2D eigenvalue weighted by Gasteiger charge is 2.04. The molecule has 4 heteroatoms. The van der Waals surface area contributed by atoms with Gasteiger partial charge in [-0.1, -0.05) is 52.4 Å². The Labute approximate surface area is 202 Å². The SMILES string of the molecule is CCCCCC(C)Nc1ccc(OCCCOc2ccc(NC(C)CCCCC)cc2)cc1. The van der Waals surface area contributed by atoms with Crippen LogP contribution in [0.4, 0.5) is 11.4 Å². The summed E-state index contributed by atoms with van der Waals surface area (Å²) in [5, 5.41) is 7.14. The summed E-state index contributed by atoms with van der Waals surface area (Å²) in [6, 6.07) is 17.6. The van der Waals surface area contributed by atoms with Crippen LogP contribution in [0.3, 0.4) is 0 Å². The summed E-state index contributed by atoms with van der Waals surface area (Å²) in [5.74, 6) is 1.81. The van der Waals surface area contributed by atoms with E-state index < -0.39 is 0 Å². The van der Waals surface area contributed by atoms with Crippen LogP contribution in [0.5, 0.6) is 11.5 Å². The van der Waals surface area contributed by atoms with E-state index in [9.17, 15) is 0 Å². The van der Waals surface area contributed by atoms with Crippen LogP contribution in [0.2, 0.25) is 0 Å². The van der Waals surface area contributed by atoms with Crippen LogP contribution >= 0.6 is 0 Å². The summed E-state index contributed by atoms with van der Waals surface area (Å²) in [6.07, 6.45) is 11.0. The fraction of sp³-hybridized carbons (Fsp3) is 0.586. The molecule has 2 aromatic carbocycles. The molecule has 4 nitrogen and oxygen atoms in total. The van der Waals surface area contributed by atoms with Crippen LogP contribution in [-0.4, -0.2) is 25.3 Å². The maximum atomic E-state index is 5.87. The van der Waals surface area contributed by atoms with Gasteiger partial charge in [0, 0.05) is 29.9 Å². The number of nitrogens with one attached hydrogen (secondary N) is 2. The fourth-order valence-corrected chi connectivity index (χ4v) is 3.85. The van der Waals surface area contributed by atoms with Crippen molar-refractivity contribution in [2.45, 2.75) is 97.6 Å². The van der Waals surface area contributed by atoms with E-state index in [1.165, 1.54) is 51.4 Å². The summed E-state index contributed by atoms with van der Waals surface area (Å²) in [7, 11) is 0. The van der Waals surface area contributed by atoms with Crippen molar-refractivity contribution >= 4 is 11.4 Å². The summed E-state index contributed by atoms with van der Waals surface area (Å²) in [4.78, 5) is 0. The highest BCUT2D eigenvalue weighted by Crippen LogP contribution is 2.19. The van der Waals surface area contributed by atoms with Crippen molar-refractivity contribution < 1.29 is 9.47 Å². The van der Waals surface area contributed by atoms with Gasteiger partial charge in [-0.2, -0.15) is 0 Å². The fourth-order valence-electron chi connectivity index (χ4n) is 3.85. The number of rotatable bonds is 18. The van der Waals surface area contributed by atoms with Crippen molar-refractivity contribution in [1.29, 1.82) is 0 Å². The van der Waals surface area contributed by atoms with Gasteiger partial charge in [0.15, 0.2) is 0 Å². The van der Waals surface area contributed by atoms with Crippen LogP contribution in [0.1, 0.15) is 85.5 Å². The average Bonchev–Trinajstić information content (AvgIpc) is 2.81. The van der Waals surface area contributed by atoms with Crippen LogP contribution in [-0.2, 0) is 0 Å². The molecule has 0 spiro atoms. The average molecular weight is 455 g/mol. The van der Waals surface area contributed by atoms with E-state index in [-0.39, 0.29) is 0 Å². The first-order chi connectivity index (χ1) is 16.1. The number of unbranched alkanes of at least 4 members (excludes halogenated alkanes) is 4. The Bertz CT molecular complexity index is 667. The van der Waals surface area contributed by atoms with Crippen molar-refractivity contribution in [3.63, 3.8) is 0 Å². The van der Waals surface area contributed by atoms with E-state index in [0.717, 1.165) is 29.3 Å². The summed E-state index contributed by atoms with van der Waals surface area (Å²) >= 11 is 0. The summed E-state index contributed by atoms with van der Waals surface area (Å²) < 4.78 is 11.7.